The lowest BCUT2D eigenvalue weighted by Crippen LogP contribution is -2.10. The van der Waals surface area contributed by atoms with E-state index in [2.05, 4.69) is 15.9 Å². The number of hydrogen-bond donors (Lipinski definition) is 1. The Hall–Kier alpha value is -0.620. The maximum atomic E-state index is 13.0. The highest BCUT2D eigenvalue weighted by molar-refractivity contribution is 9.10. The molecule has 1 nitrogen and oxygen atoms in total. The Bertz CT molecular complexity index is 348. The van der Waals surface area contributed by atoms with Gasteiger partial charge in [0, 0.05) is 10.0 Å². The molecule has 0 aromatic heterocycles. The molecule has 1 aromatic carbocycles. The summed E-state index contributed by atoms with van der Waals surface area (Å²) in [6.45, 7) is -0.769. The zero-order valence-corrected chi connectivity index (χ0v) is 8.28. The van der Waals surface area contributed by atoms with Crippen LogP contribution in [0, 0.1) is 5.82 Å². The maximum absolute atomic E-state index is 13.0. The Morgan fingerprint density at radius 3 is 2.29 bits per heavy atom. The molecule has 0 aliphatic heterocycles. The highest BCUT2D eigenvalue weighted by Gasteiger charge is 2.35. The van der Waals surface area contributed by atoms with E-state index in [0.717, 1.165) is 6.07 Å². The minimum Gasteiger partial charge on any atom is -0.392 e. The van der Waals surface area contributed by atoms with Gasteiger partial charge in [0.05, 0.1) is 12.2 Å². The molecule has 6 heteroatoms. The molecule has 0 spiro atoms. The van der Waals surface area contributed by atoms with Crippen LogP contribution in [0.1, 0.15) is 11.1 Å². The van der Waals surface area contributed by atoms with Crippen LogP contribution in [0.2, 0.25) is 0 Å². The monoisotopic (exact) mass is 272 g/mol. The van der Waals surface area contributed by atoms with Gasteiger partial charge in [-0.15, -0.1) is 0 Å². The van der Waals surface area contributed by atoms with Crippen molar-refractivity contribution >= 4 is 15.9 Å². The fourth-order valence-electron chi connectivity index (χ4n) is 0.967. The quantitative estimate of drug-likeness (QED) is 0.779. The van der Waals surface area contributed by atoms with Crippen LogP contribution in [0.5, 0.6) is 0 Å². The number of alkyl halides is 3. The number of hydrogen-bond acceptors (Lipinski definition) is 1. The molecule has 0 atom stereocenters. The van der Waals surface area contributed by atoms with E-state index < -0.39 is 24.2 Å². The topological polar surface area (TPSA) is 20.2 Å². The summed E-state index contributed by atoms with van der Waals surface area (Å²) >= 11 is 2.80. The number of aliphatic hydroxyl groups excluding tert-OH is 1. The minimum atomic E-state index is -4.75. The molecule has 78 valence electrons. The van der Waals surface area contributed by atoms with E-state index in [1.807, 2.05) is 0 Å². The summed E-state index contributed by atoms with van der Waals surface area (Å²) < 4.78 is 49.7. The normalized spacial score (nSPS) is 11.9. The van der Waals surface area contributed by atoms with Crippen molar-refractivity contribution in [2.24, 2.45) is 0 Å². The molecule has 1 N–H and O–H groups in total. The van der Waals surface area contributed by atoms with Crippen LogP contribution in [0.3, 0.4) is 0 Å². The van der Waals surface area contributed by atoms with E-state index in [9.17, 15) is 17.6 Å². The molecule has 0 saturated carbocycles. The van der Waals surface area contributed by atoms with Crippen LogP contribution < -0.4 is 0 Å². The lowest BCUT2D eigenvalue weighted by Gasteiger charge is -2.10. The van der Waals surface area contributed by atoms with Gasteiger partial charge >= 0.3 is 6.18 Å². The van der Waals surface area contributed by atoms with Gasteiger partial charge in [0.1, 0.15) is 5.82 Å². The summed E-state index contributed by atoms with van der Waals surface area (Å²) in [5, 5.41) is 8.60. The maximum Gasteiger partial charge on any atom is 0.419 e. The van der Waals surface area contributed by atoms with E-state index >= 15 is 0 Å². The van der Waals surface area contributed by atoms with Crippen LogP contribution in [0.4, 0.5) is 17.6 Å². The van der Waals surface area contributed by atoms with Crippen LogP contribution in [-0.2, 0) is 12.8 Å². The van der Waals surface area contributed by atoms with E-state index in [1.54, 1.807) is 0 Å². The summed E-state index contributed by atoms with van der Waals surface area (Å²) in [5.41, 5.74) is -1.76. The number of rotatable bonds is 1. The van der Waals surface area contributed by atoms with Crippen LogP contribution in [-0.4, -0.2) is 5.11 Å². The lowest BCUT2D eigenvalue weighted by molar-refractivity contribution is -0.140. The summed E-state index contributed by atoms with van der Waals surface area (Å²) in [6.07, 6.45) is -4.75. The molecule has 0 fully saturated rings. The van der Waals surface area contributed by atoms with Crippen LogP contribution in [0.25, 0.3) is 0 Å². The zero-order valence-electron chi connectivity index (χ0n) is 6.70. The molecule has 0 aliphatic rings. The first-order chi connectivity index (χ1) is 6.36. The second-order valence-corrected chi connectivity index (χ2v) is 3.50. The van der Waals surface area contributed by atoms with Gasteiger partial charge in [0.15, 0.2) is 0 Å². The predicted molar refractivity (Wildman–Crippen MR) is 45.0 cm³/mol. The first-order valence-corrected chi connectivity index (χ1v) is 4.31. The van der Waals surface area contributed by atoms with Crippen molar-refractivity contribution < 1.29 is 22.7 Å². The molecular formula is C8H5BrF4O. The first kappa shape index (κ1) is 11.5. The van der Waals surface area contributed by atoms with Gasteiger partial charge in [0.2, 0.25) is 0 Å². The Balaban J connectivity index is 3.37. The van der Waals surface area contributed by atoms with E-state index in [0.29, 0.717) is 6.07 Å². The predicted octanol–water partition coefficient (Wildman–Crippen LogP) is 3.10. The van der Waals surface area contributed by atoms with Crippen molar-refractivity contribution in [2.45, 2.75) is 12.8 Å². The Morgan fingerprint density at radius 2 is 1.86 bits per heavy atom. The minimum absolute atomic E-state index is 0.0790. The molecule has 1 aromatic rings. The number of benzene rings is 1. The van der Waals surface area contributed by atoms with Gasteiger partial charge in [-0.3, -0.25) is 0 Å². The number of aliphatic hydroxyl groups is 1. The van der Waals surface area contributed by atoms with Gasteiger partial charge in [-0.25, -0.2) is 4.39 Å². The molecule has 0 bridgehead atoms. The molecule has 0 radical (unpaired) electrons. The lowest BCUT2D eigenvalue weighted by atomic mass is 10.1. The highest BCUT2D eigenvalue weighted by Crippen LogP contribution is 2.34. The second kappa shape index (κ2) is 3.86. The molecule has 0 heterocycles. The Morgan fingerprint density at radius 1 is 1.29 bits per heavy atom. The third kappa shape index (κ3) is 2.24. The van der Waals surface area contributed by atoms with Crippen LogP contribution in [0.15, 0.2) is 16.6 Å². The molecule has 0 unspecified atom stereocenters. The van der Waals surface area contributed by atoms with Gasteiger partial charge < -0.3 is 5.11 Å². The van der Waals surface area contributed by atoms with Crippen molar-refractivity contribution in [1.82, 2.24) is 0 Å². The van der Waals surface area contributed by atoms with Gasteiger partial charge in [0.25, 0.3) is 0 Å². The summed E-state index contributed by atoms with van der Waals surface area (Å²) in [6, 6.07) is 1.74. The van der Waals surface area contributed by atoms with E-state index in [1.165, 1.54) is 0 Å². The summed E-state index contributed by atoms with van der Waals surface area (Å²) in [7, 11) is 0. The van der Waals surface area contributed by atoms with Gasteiger partial charge in [-0.05, 0) is 12.1 Å². The summed E-state index contributed by atoms with van der Waals surface area (Å²) in [5.74, 6) is -1.43. The molecule has 1 rings (SSSR count). The SMILES string of the molecule is OCc1cc(Br)cc(C(F)(F)F)c1F. The standard InChI is InChI=1S/C8H5BrF4O/c9-5-1-4(3-14)7(10)6(2-5)8(11,12)13/h1-2,14H,3H2. The first-order valence-electron chi connectivity index (χ1n) is 3.52. The van der Waals surface area contributed by atoms with Crippen molar-refractivity contribution in [3.63, 3.8) is 0 Å². The Kier molecular flexibility index (Phi) is 3.16. The molecule has 0 amide bonds. The summed E-state index contributed by atoms with van der Waals surface area (Å²) in [4.78, 5) is 0. The fraction of sp³-hybridized carbons (Fsp3) is 0.250. The van der Waals surface area contributed by atoms with Gasteiger partial charge in [-0.1, -0.05) is 15.9 Å². The van der Waals surface area contributed by atoms with E-state index in [-0.39, 0.29) is 10.0 Å². The van der Waals surface area contributed by atoms with Crippen molar-refractivity contribution in [3.05, 3.63) is 33.5 Å². The molecule has 14 heavy (non-hydrogen) atoms. The molecular weight excluding hydrogens is 268 g/mol. The van der Waals surface area contributed by atoms with Crippen molar-refractivity contribution in [2.75, 3.05) is 0 Å². The second-order valence-electron chi connectivity index (χ2n) is 2.58. The largest absolute Gasteiger partial charge is 0.419 e. The van der Waals surface area contributed by atoms with Crippen LogP contribution >= 0.6 is 15.9 Å². The van der Waals surface area contributed by atoms with Gasteiger partial charge in [-0.2, -0.15) is 13.2 Å². The average molecular weight is 273 g/mol. The average Bonchev–Trinajstić information content (AvgIpc) is 2.06. The molecule has 0 aliphatic carbocycles. The van der Waals surface area contributed by atoms with Crippen molar-refractivity contribution in [3.8, 4) is 0 Å². The van der Waals surface area contributed by atoms with E-state index in [4.69, 9.17) is 5.11 Å². The highest BCUT2D eigenvalue weighted by atomic mass is 79.9. The fourth-order valence-corrected chi connectivity index (χ4v) is 1.47. The third-order valence-corrected chi connectivity index (χ3v) is 2.05. The Labute approximate surface area is 85.5 Å². The third-order valence-electron chi connectivity index (χ3n) is 1.59. The zero-order chi connectivity index (χ0) is 10.9. The smallest absolute Gasteiger partial charge is 0.392 e. The number of halogens is 5. The van der Waals surface area contributed by atoms with Crippen molar-refractivity contribution in [1.29, 1.82) is 0 Å². The molecule has 0 saturated heterocycles.